The summed E-state index contributed by atoms with van der Waals surface area (Å²) in [4.78, 5) is 4.25. The number of benzene rings is 1. The van der Waals surface area contributed by atoms with Crippen LogP contribution in [0.5, 0.6) is 5.75 Å². The molecule has 0 aliphatic rings. The van der Waals surface area contributed by atoms with E-state index < -0.39 is 0 Å². The Kier molecular flexibility index (Phi) is 3.22. The van der Waals surface area contributed by atoms with E-state index in [1.165, 1.54) is 0 Å². The summed E-state index contributed by atoms with van der Waals surface area (Å²) in [5, 5.41) is 0. The van der Waals surface area contributed by atoms with E-state index in [0.29, 0.717) is 12.4 Å². The molecular formula is C12H14N2O2. The highest BCUT2D eigenvalue weighted by Crippen LogP contribution is 2.15. The van der Waals surface area contributed by atoms with Gasteiger partial charge in [-0.05, 0) is 17.7 Å². The van der Waals surface area contributed by atoms with E-state index in [1.807, 2.05) is 24.3 Å². The molecule has 16 heavy (non-hydrogen) atoms. The van der Waals surface area contributed by atoms with Gasteiger partial charge in [0, 0.05) is 6.42 Å². The zero-order valence-electron chi connectivity index (χ0n) is 9.14. The lowest BCUT2D eigenvalue weighted by Crippen LogP contribution is -1.97. The van der Waals surface area contributed by atoms with Crippen molar-refractivity contribution in [3.63, 3.8) is 0 Å². The molecule has 0 atom stereocenters. The monoisotopic (exact) mass is 218 g/mol. The van der Waals surface area contributed by atoms with Crippen molar-refractivity contribution >= 4 is 0 Å². The standard InChI is InChI=1S/C12H14N2O2/c1-15-11-4-2-3-9(6-11)5-10-8-16-12(7-13)14-10/h2-4,6,8H,5,7,13H2,1H3. The number of hydrogen-bond donors (Lipinski definition) is 1. The van der Waals surface area contributed by atoms with Gasteiger partial charge in [0.25, 0.3) is 0 Å². The average Bonchev–Trinajstić information content (AvgIpc) is 2.77. The minimum absolute atomic E-state index is 0.331. The maximum Gasteiger partial charge on any atom is 0.207 e. The molecule has 0 amide bonds. The molecule has 0 aliphatic heterocycles. The number of methoxy groups -OCH3 is 1. The van der Waals surface area contributed by atoms with Crippen LogP contribution < -0.4 is 10.5 Å². The first-order chi connectivity index (χ1) is 7.81. The topological polar surface area (TPSA) is 61.3 Å². The van der Waals surface area contributed by atoms with Crippen molar-refractivity contribution in [2.75, 3.05) is 7.11 Å². The van der Waals surface area contributed by atoms with Gasteiger partial charge in [0.15, 0.2) is 0 Å². The maximum absolute atomic E-state index is 5.43. The lowest BCUT2D eigenvalue weighted by Gasteiger charge is -2.02. The first-order valence-electron chi connectivity index (χ1n) is 5.08. The van der Waals surface area contributed by atoms with Gasteiger partial charge in [-0.25, -0.2) is 4.98 Å². The van der Waals surface area contributed by atoms with Crippen LogP contribution in [0, 0.1) is 0 Å². The van der Waals surface area contributed by atoms with Crippen LogP contribution in [-0.2, 0) is 13.0 Å². The van der Waals surface area contributed by atoms with E-state index in [2.05, 4.69) is 4.98 Å². The normalized spacial score (nSPS) is 10.4. The van der Waals surface area contributed by atoms with Gasteiger partial charge in [0.05, 0.1) is 19.3 Å². The van der Waals surface area contributed by atoms with Crippen molar-refractivity contribution in [1.82, 2.24) is 4.98 Å². The summed E-state index contributed by atoms with van der Waals surface area (Å²) >= 11 is 0. The van der Waals surface area contributed by atoms with Gasteiger partial charge in [0.2, 0.25) is 5.89 Å². The fourth-order valence-electron chi connectivity index (χ4n) is 1.52. The number of rotatable bonds is 4. The summed E-state index contributed by atoms with van der Waals surface area (Å²) in [7, 11) is 1.65. The molecule has 0 unspecified atom stereocenters. The molecule has 4 nitrogen and oxygen atoms in total. The van der Waals surface area contributed by atoms with Crippen LogP contribution >= 0.6 is 0 Å². The zero-order chi connectivity index (χ0) is 11.4. The van der Waals surface area contributed by atoms with Crippen LogP contribution in [0.2, 0.25) is 0 Å². The number of nitrogens with two attached hydrogens (primary N) is 1. The summed E-state index contributed by atoms with van der Waals surface area (Å²) < 4.78 is 10.3. The largest absolute Gasteiger partial charge is 0.497 e. The van der Waals surface area contributed by atoms with E-state index in [0.717, 1.165) is 23.4 Å². The minimum atomic E-state index is 0.331. The molecule has 2 N–H and O–H groups in total. The second-order valence-electron chi connectivity index (χ2n) is 3.47. The third-order valence-electron chi connectivity index (χ3n) is 2.29. The molecule has 2 aromatic rings. The quantitative estimate of drug-likeness (QED) is 0.849. The molecule has 84 valence electrons. The molecule has 1 heterocycles. The van der Waals surface area contributed by atoms with Crippen molar-refractivity contribution in [2.24, 2.45) is 5.73 Å². The number of aromatic nitrogens is 1. The molecule has 0 bridgehead atoms. The van der Waals surface area contributed by atoms with Gasteiger partial charge in [-0.15, -0.1) is 0 Å². The molecule has 0 spiro atoms. The molecule has 0 aliphatic carbocycles. The van der Waals surface area contributed by atoms with Gasteiger partial charge >= 0.3 is 0 Å². The zero-order valence-corrected chi connectivity index (χ0v) is 9.14. The number of oxazole rings is 1. The summed E-state index contributed by atoms with van der Waals surface area (Å²) in [6.45, 7) is 0.331. The average molecular weight is 218 g/mol. The van der Waals surface area contributed by atoms with Crippen LogP contribution in [-0.4, -0.2) is 12.1 Å². The molecule has 4 heteroatoms. The van der Waals surface area contributed by atoms with Gasteiger partial charge in [-0.3, -0.25) is 0 Å². The molecule has 1 aromatic carbocycles. The number of hydrogen-bond acceptors (Lipinski definition) is 4. The van der Waals surface area contributed by atoms with E-state index in [1.54, 1.807) is 13.4 Å². The van der Waals surface area contributed by atoms with Gasteiger partial charge < -0.3 is 14.9 Å². The van der Waals surface area contributed by atoms with Crippen LogP contribution in [0.15, 0.2) is 34.9 Å². The van der Waals surface area contributed by atoms with Crippen LogP contribution in [0.3, 0.4) is 0 Å². The molecule has 1 aromatic heterocycles. The fraction of sp³-hybridized carbons (Fsp3) is 0.250. The van der Waals surface area contributed by atoms with Crippen molar-refractivity contribution in [2.45, 2.75) is 13.0 Å². The molecular weight excluding hydrogens is 204 g/mol. The number of nitrogens with zero attached hydrogens (tertiary/aromatic N) is 1. The second-order valence-corrected chi connectivity index (χ2v) is 3.47. The Morgan fingerprint density at radius 1 is 1.44 bits per heavy atom. The van der Waals surface area contributed by atoms with Crippen molar-refractivity contribution in [3.05, 3.63) is 47.7 Å². The first-order valence-corrected chi connectivity index (χ1v) is 5.08. The van der Waals surface area contributed by atoms with Gasteiger partial charge in [-0.2, -0.15) is 0 Å². The molecule has 0 fully saturated rings. The summed E-state index contributed by atoms with van der Waals surface area (Å²) in [6.07, 6.45) is 2.36. The maximum atomic E-state index is 5.43. The van der Waals surface area contributed by atoms with E-state index in [-0.39, 0.29) is 0 Å². The first kappa shape index (κ1) is 10.7. The van der Waals surface area contributed by atoms with Crippen molar-refractivity contribution in [1.29, 1.82) is 0 Å². The molecule has 0 saturated carbocycles. The van der Waals surface area contributed by atoms with E-state index in [9.17, 15) is 0 Å². The predicted molar refractivity (Wildman–Crippen MR) is 60.2 cm³/mol. The Hall–Kier alpha value is -1.81. The van der Waals surface area contributed by atoms with Gasteiger partial charge in [-0.1, -0.05) is 12.1 Å². The third-order valence-corrected chi connectivity index (χ3v) is 2.29. The SMILES string of the molecule is COc1cccc(Cc2coc(CN)n2)c1. The highest BCUT2D eigenvalue weighted by molar-refractivity contribution is 5.30. The van der Waals surface area contributed by atoms with E-state index in [4.69, 9.17) is 14.9 Å². The smallest absolute Gasteiger partial charge is 0.207 e. The highest BCUT2D eigenvalue weighted by Gasteiger charge is 2.04. The molecule has 0 radical (unpaired) electrons. The Bertz CT molecular complexity index is 466. The predicted octanol–water partition coefficient (Wildman–Crippen LogP) is 1.73. The highest BCUT2D eigenvalue weighted by atomic mass is 16.5. The van der Waals surface area contributed by atoms with Crippen LogP contribution in [0.1, 0.15) is 17.1 Å². The number of ether oxygens (including phenoxy) is 1. The fourth-order valence-corrected chi connectivity index (χ4v) is 1.52. The van der Waals surface area contributed by atoms with E-state index >= 15 is 0 Å². The Labute approximate surface area is 94.1 Å². The summed E-state index contributed by atoms with van der Waals surface area (Å²) in [5.74, 6) is 1.41. The minimum Gasteiger partial charge on any atom is -0.497 e. The Morgan fingerprint density at radius 3 is 3.00 bits per heavy atom. The Morgan fingerprint density at radius 2 is 2.31 bits per heavy atom. The molecule has 0 saturated heterocycles. The second kappa shape index (κ2) is 4.81. The van der Waals surface area contributed by atoms with Crippen LogP contribution in [0.4, 0.5) is 0 Å². The Balaban J connectivity index is 2.13. The third kappa shape index (κ3) is 2.41. The van der Waals surface area contributed by atoms with Crippen LogP contribution in [0.25, 0.3) is 0 Å². The van der Waals surface area contributed by atoms with Crippen molar-refractivity contribution in [3.8, 4) is 5.75 Å². The van der Waals surface area contributed by atoms with Gasteiger partial charge in [0.1, 0.15) is 12.0 Å². The van der Waals surface area contributed by atoms with Crippen molar-refractivity contribution < 1.29 is 9.15 Å². The summed E-state index contributed by atoms with van der Waals surface area (Å²) in [6, 6.07) is 7.88. The lowest BCUT2D eigenvalue weighted by atomic mass is 10.1. The molecule has 2 rings (SSSR count). The lowest BCUT2D eigenvalue weighted by molar-refractivity contribution is 0.414. The summed E-state index contributed by atoms with van der Waals surface area (Å²) in [5.41, 5.74) is 7.44.